The van der Waals surface area contributed by atoms with E-state index < -0.39 is 18.1 Å². The van der Waals surface area contributed by atoms with Gasteiger partial charge in [-0.1, -0.05) is 0 Å². The largest absolute Gasteiger partial charge is 0.480 e. The molecule has 1 saturated heterocycles. The number of piperidine rings is 1. The molecule has 6 nitrogen and oxygen atoms in total. The molecule has 4 N–H and O–H groups in total. The van der Waals surface area contributed by atoms with Gasteiger partial charge < -0.3 is 15.9 Å². The summed E-state index contributed by atoms with van der Waals surface area (Å²) in [5.74, 6) is -1.10. The van der Waals surface area contributed by atoms with Crippen molar-refractivity contribution in [2.45, 2.75) is 24.9 Å². The Kier molecular flexibility index (Phi) is 2.72. The van der Waals surface area contributed by atoms with Gasteiger partial charge in [0, 0.05) is 12.6 Å². The van der Waals surface area contributed by atoms with Crippen LogP contribution in [-0.4, -0.2) is 45.8 Å². The maximum Gasteiger partial charge on any atom is 0.408 e. The molecule has 1 aliphatic heterocycles. The SMILES string of the molecule is NC1CCC(C(=O)O)N(C(=O)O)C1. The number of amides is 1. The second kappa shape index (κ2) is 3.61. The topological polar surface area (TPSA) is 104 Å². The highest BCUT2D eigenvalue weighted by atomic mass is 16.4. The number of rotatable bonds is 1. The number of likely N-dealkylation sites (tertiary alicyclic amines) is 1. The van der Waals surface area contributed by atoms with Gasteiger partial charge in [-0.25, -0.2) is 9.59 Å². The smallest absolute Gasteiger partial charge is 0.408 e. The normalized spacial score (nSPS) is 28.5. The summed E-state index contributed by atoms with van der Waals surface area (Å²) in [5, 5.41) is 17.4. The minimum Gasteiger partial charge on any atom is -0.480 e. The molecule has 0 bridgehead atoms. The Balaban J connectivity index is 2.72. The van der Waals surface area contributed by atoms with Crippen LogP contribution in [0.15, 0.2) is 0 Å². The van der Waals surface area contributed by atoms with Crippen molar-refractivity contribution in [1.82, 2.24) is 4.90 Å². The van der Waals surface area contributed by atoms with Gasteiger partial charge in [-0.2, -0.15) is 0 Å². The van der Waals surface area contributed by atoms with E-state index >= 15 is 0 Å². The van der Waals surface area contributed by atoms with Crippen molar-refractivity contribution < 1.29 is 19.8 Å². The minimum absolute atomic E-state index is 0.103. The van der Waals surface area contributed by atoms with Crippen LogP contribution in [0, 0.1) is 0 Å². The van der Waals surface area contributed by atoms with Gasteiger partial charge in [0.2, 0.25) is 0 Å². The molecule has 1 amide bonds. The van der Waals surface area contributed by atoms with Crippen LogP contribution in [-0.2, 0) is 4.79 Å². The lowest BCUT2D eigenvalue weighted by Gasteiger charge is -2.33. The fourth-order valence-corrected chi connectivity index (χ4v) is 1.47. The number of nitrogens with two attached hydrogens (primary N) is 1. The van der Waals surface area contributed by atoms with E-state index in [1.165, 1.54) is 0 Å². The third kappa shape index (κ3) is 2.09. The molecule has 0 aromatic carbocycles. The Morgan fingerprint density at radius 1 is 1.31 bits per heavy atom. The molecular weight excluding hydrogens is 176 g/mol. The van der Waals surface area contributed by atoms with Crippen LogP contribution in [0.25, 0.3) is 0 Å². The molecule has 0 aromatic rings. The van der Waals surface area contributed by atoms with Crippen LogP contribution >= 0.6 is 0 Å². The summed E-state index contributed by atoms with van der Waals surface area (Å²) >= 11 is 0. The zero-order chi connectivity index (χ0) is 10.0. The molecule has 1 aliphatic rings. The van der Waals surface area contributed by atoms with Crippen LogP contribution in [0.4, 0.5) is 4.79 Å². The van der Waals surface area contributed by atoms with Gasteiger partial charge in [0.05, 0.1) is 0 Å². The Morgan fingerprint density at radius 2 is 1.92 bits per heavy atom. The molecule has 0 spiro atoms. The van der Waals surface area contributed by atoms with Crippen molar-refractivity contribution >= 4 is 12.1 Å². The Bertz CT molecular complexity index is 231. The van der Waals surface area contributed by atoms with Crippen molar-refractivity contribution in [3.63, 3.8) is 0 Å². The maximum atomic E-state index is 10.6. The second-order valence-electron chi connectivity index (χ2n) is 3.13. The molecule has 6 heteroatoms. The number of carbonyl (C=O) groups is 2. The van der Waals surface area contributed by atoms with Gasteiger partial charge in [0.25, 0.3) is 0 Å². The lowest BCUT2D eigenvalue weighted by atomic mass is 9.99. The third-order valence-corrected chi connectivity index (χ3v) is 2.15. The molecule has 0 radical (unpaired) electrons. The molecule has 2 atom stereocenters. The van der Waals surface area contributed by atoms with Crippen molar-refractivity contribution in [3.8, 4) is 0 Å². The van der Waals surface area contributed by atoms with Crippen molar-refractivity contribution in [3.05, 3.63) is 0 Å². The predicted octanol–water partition coefficient (Wildman–Crippen LogP) is -0.459. The number of hydrogen-bond acceptors (Lipinski definition) is 3. The molecule has 13 heavy (non-hydrogen) atoms. The maximum absolute atomic E-state index is 10.6. The van der Waals surface area contributed by atoms with E-state index in [4.69, 9.17) is 15.9 Å². The zero-order valence-corrected chi connectivity index (χ0v) is 7.01. The molecule has 1 fully saturated rings. The summed E-state index contributed by atoms with van der Waals surface area (Å²) in [6, 6.07) is -1.18. The summed E-state index contributed by atoms with van der Waals surface area (Å²) in [4.78, 5) is 22.1. The summed E-state index contributed by atoms with van der Waals surface area (Å²) in [6.07, 6.45) is -0.369. The number of carboxylic acids is 1. The Hall–Kier alpha value is -1.30. The first-order chi connectivity index (χ1) is 6.02. The second-order valence-corrected chi connectivity index (χ2v) is 3.13. The van der Waals surface area contributed by atoms with Crippen molar-refractivity contribution in [2.24, 2.45) is 5.73 Å². The average Bonchev–Trinajstić information content (AvgIpc) is 2.03. The van der Waals surface area contributed by atoms with E-state index in [0.29, 0.717) is 12.8 Å². The monoisotopic (exact) mass is 188 g/mol. The van der Waals surface area contributed by atoms with E-state index in [9.17, 15) is 9.59 Å². The van der Waals surface area contributed by atoms with Crippen LogP contribution in [0.2, 0.25) is 0 Å². The standard InChI is InChI=1S/C7H12N2O4/c8-4-1-2-5(6(10)11)9(3-4)7(12)13/h4-5H,1-3,8H2,(H,10,11)(H,12,13). The van der Waals surface area contributed by atoms with E-state index in [2.05, 4.69) is 0 Å². The Morgan fingerprint density at radius 3 is 2.38 bits per heavy atom. The quantitative estimate of drug-likeness (QED) is 0.516. The molecule has 1 rings (SSSR count). The fraction of sp³-hybridized carbons (Fsp3) is 0.714. The van der Waals surface area contributed by atoms with E-state index in [0.717, 1.165) is 4.90 Å². The summed E-state index contributed by atoms with van der Waals surface area (Å²) in [6.45, 7) is 0.103. The average molecular weight is 188 g/mol. The fourth-order valence-electron chi connectivity index (χ4n) is 1.47. The summed E-state index contributed by atoms with van der Waals surface area (Å²) in [5.41, 5.74) is 5.53. The van der Waals surface area contributed by atoms with Gasteiger partial charge in [-0.15, -0.1) is 0 Å². The molecule has 1 heterocycles. The Labute approximate surface area is 74.9 Å². The zero-order valence-electron chi connectivity index (χ0n) is 7.01. The van der Waals surface area contributed by atoms with E-state index in [1.807, 2.05) is 0 Å². The molecular formula is C7H12N2O4. The van der Waals surface area contributed by atoms with Gasteiger partial charge in [-0.05, 0) is 12.8 Å². The molecule has 74 valence electrons. The van der Waals surface area contributed by atoms with E-state index in [1.54, 1.807) is 0 Å². The molecule has 0 aliphatic carbocycles. The van der Waals surface area contributed by atoms with E-state index in [-0.39, 0.29) is 12.6 Å². The highest BCUT2D eigenvalue weighted by molar-refractivity contribution is 5.79. The lowest BCUT2D eigenvalue weighted by Crippen LogP contribution is -2.53. The lowest BCUT2D eigenvalue weighted by molar-refractivity contribution is -0.143. The number of aliphatic carboxylic acids is 1. The van der Waals surface area contributed by atoms with Gasteiger partial charge >= 0.3 is 12.1 Å². The molecule has 2 unspecified atom stereocenters. The van der Waals surface area contributed by atoms with Crippen molar-refractivity contribution in [2.75, 3.05) is 6.54 Å². The van der Waals surface area contributed by atoms with Crippen LogP contribution in [0.5, 0.6) is 0 Å². The molecule has 0 aromatic heterocycles. The predicted molar refractivity (Wildman–Crippen MR) is 43.4 cm³/mol. The first-order valence-electron chi connectivity index (χ1n) is 4.00. The van der Waals surface area contributed by atoms with Gasteiger partial charge in [0.15, 0.2) is 0 Å². The summed E-state index contributed by atoms with van der Waals surface area (Å²) in [7, 11) is 0. The van der Waals surface area contributed by atoms with Crippen molar-refractivity contribution in [1.29, 1.82) is 0 Å². The van der Waals surface area contributed by atoms with Crippen LogP contribution < -0.4 is 5.73 Å². The highest BCUT2D eigenvalue weighted by Gasteiger charge is 2.34. The van der Waals surface area contributed by atoms with Gasteiger partial charge in [-0.3, -0.25) is 4.90 Å². The van der Waals surface area contributed by atoms with Crippen LogP contribution in [0.1, 0.15) is 12.8 Å². The summed E-state index contributed by atoms with van der Waals surface area (Å²) < 4.78 is 0. The number of nitrogens with zero attached hydrogens (tertiary/aromatic N) is 1. The highest BCUT2D eigenvalue weighted by Crippen LogP contribution is 2.16. The van der Waals surface area contributed by atoms with Gasteiger partial charge in [0.1, 0.15) is 6.04 Å². The first kappa shape index (κ1) is 9.79. The number of hydrogen-bond donors (Lipinski definition) is 3. The number of carboxylic acid groups (broad SMARTS) is 2. The first-order valence-corrected chi connectivity index (χ1v) is 4.00. The molecule has 0 saturated carbocycles. The third-order valence-electron chi connectivity index (χ3n) is 2.15. The minimum atomic E-state index is -1.22. The van der Waals surface area contributed by atoms with Crippen LogP contribution in [0.3, 0.4) is 0 Å².